The number of nitrogens with one attached hydrogen (secondary N) is 1. The Hall–Kier alpha value is -1.39. The SMILES string of the molecule is CC(N)Cc1c[nH]c2cc3c(cc12)OCCO3.[Cl-]. The average molecular weight is 268 g/mol. The molecule has 1 aromatic carbocycles. The third kappa shape index (κ3) is 2.26. The van der Waals surface area contributed by atoms with E-state index >= 15 is 0 Å². The van der Waals surface area contributed by atoms with Crippen LogP contribution >= 0.6 is 0 Å². The summed E-state index contributed by atoms with van der Waals surface area (Å²) in [7, 11) is 0. The number of nitrogens with two attached hydrogens (primary N) is 1. The number of H-pyrrole nitrogens is 1. The smallest absolute Gasteiger partial charge is 0.163 e. The summed E-state index contributed by atoms with van der Waals surface area (Å²) in [6.07, 6.45) is 2.87. The summed E-state index contributed by atoms with van der Waals surface area (Å²) >= 11 is 0. The van der Waals surface area contributed by atoms with Crippen molar-refractivity contribution in [3.8, 4) is 11.5 Å². The normalized spacial score (nSPS) is 15.2. The van der Waals surface area contributed by atoms with Gasteiger partial charge in [0.1, 0.15) is 13.2 Å². The minimum atomic E-state index is 0. The topological polar surface area (TPSA) is 60.3 Å². The van der Waals surface area contributed by atoms with Crippen molar-refractivity contribution in [2.75, 3.05) is 13.2 Å². The highest BCUT2D eigenvalue weighted by molar-refractivity contribution is 5.86. The van der Waals surface area contributed by atoms with Crippen LogP contribution in [0, 0.1) is 0 Å². The predicted molar refractivity (Wildman–Crippen MR) is 66.6 cm³/mol. The Morgan fingerprint density at radius 1 is 1.28 bits per heavy atom. The highest BCUT2D eigenvalue weighted by Crippen LogP contribution is 2.35. The molecule has 0 radical (unpaired) electrons. The summed E-state index contributed by atoms with van der Waals surface area (Å²) in [5, 5.41) is 1.17. The standard InChI is InChI=1S/C13H16N2O2.ClH/c1-8(14)4-9-7-15-11-6-13-12(5-10(9)11)16-2-3-17-13;/h5-8,15H,2-4,14H2,1H3;1H/p-1. The van der Waals surface area contributed by atoms with Gasteiger partial charge in [0, 0.05) is 29.2 Å². The van der Waals surface area contributed by atoms with Gasteiger partial charge in [0.05, 0.1) is 0 Å². The molecule has 1 atom stereocenters. The van der Waals surface area contributed by atoms with Crippen LogP contribution in [0.25, 0.3) is 10.9 Å². The maximum absolute atomic E-state index is 5.84. The second-order valence-electron chi connectivity index (χ2n) is 4.54. The highest BCUT2D eigenvalue weighted by Gasteiger charge is 2.15. The molecule has 1 aliphatic rings. The van der Waals surface area contributed by atoms with Crippen LogP contribution in [0.15, 0.2) is 18.3 Å². The monoisotopic (exact) mass is 267 g/mol. The van der Waals surface area contributed by atoms with E-state index < -0.39 is 0 Å². The van der Waals surface area contributed by atoms with Gasteiger partial charge in [-0.25, -0.2) is 0 Å². The summed E-state index contributed by atoms with van der Waals surface area (Å²) in [5.74, 6) is 1.65. The van der Waals surface area contributed by atoms with Crippen molar-refractivity contribution in [1.29, 1.82) is 0 Å². The Balaban J connectivity index is 0.00000120. The first-order valence-corrected chi connectivity index (χ1v) is 5.89. The molecule has 3 rings (SSSR count). The molecule has 2 aromatic rings. The fourth-order valence-electron chi connectivity index (χ4n) is 2.23. The van der Waals surface area contributed by atoms with Crippen LogP contribution in [0.3, 0.4) is 0 Å². The first-order valence-electron chi connectivity index (χ1n) is 5.89. The summed E-state index contributed by atoms with van der Waals surface area (Å²) in [6.45, 7) is 3.24. The molecular formula is C13H16ClN2O2-. The molecule has 4 nitrogen and oxygen atoms in total. The van der Waals surface area contributed by atoms with E-state index in [-0.39, 0.29) is 18.4 Å². The van der Waals surface area contributed by atoms with Crippen LogP contribution in [0.2, 0.25) is 0 Å². The maximum atomic E-state index is 5.84. The van der Waals surface area contributed by atoms with Crippen LogP contribution < -0.4 is 27.6 Å². The van der Waals surface area contributed by atoms with Crippen molar-refractivity contribution in [3.63, 3.8) is 0 Å². The zero-order valence-electron chi connectivity index (χ0n) is 10.2. The third-order valence-corrected chi connectivity index (χ3v) is 2.97. The van der Waals surface area contributed by atoms with Crippen LogP contribution in [0.1, 0.15) is 12.5 Å². The second kappa shape index (κ2) is 5.08. The fraction of sp³-hybridized carbons (Fsp3) is 0.385. The van der Waals surface area contributed by atoms with E-state index in [1.807, 2.05) is 25.3 Å². The second-order valence-corrected chi connectivity index (χ2v) is 4.54. The van der Waals surface area contributed by atoms with E-state index in [4.69, 9.17) is 15.2 Å². The molecule has 18 heavy (non-hydrogen) atoms. The number of hydrogen-bond acceptors (Lipinski definition) is 3. The fourth-order valence-corrected chi connectivity index (χ4v) is 2.23. The molecule has 0 amide bonds. The maximum Gasteiger partial charge on any atom is 0.163 e. The van der Waals surface area contributed by atoms with Crippen LogP contribution in [-0.2, 0) is 6.42 Å². The van der Waals surface area contributed by atoms with E-state index in [1.54, 1.807) is 0 Å². The third-order valence-electron chi connectivity index (χ3n) is 2.97. The molecule has 0 fully saturated rings. The Bertz CT molecular complexity index is 551. The van der Waals surface area contributed by atoms with Crippen molar-refractivity contribution in [2.24, 2.45) is 5.73 Å². The number of aromatic nitrogens is 1. The first-order chi connectivity index (χ1) is 8.24. The number of benzene rings is 1. The minimum Gasteiger partial charge on any atom is -1.00 e. The largest absolute Gasteiger partial charge is 1.00 e. The van der Waals surface area contributed by atoms with E-state index in [0.29, 0.717) is 13.2 Å². The van der Waals surface area contributed by atoms with Crippen molar-refractivity contribution in [1.82, 2.24) is 4.98 Å². The van der Waals surface area contributed by atoms with Crippen LogP contribution in [0.5, 0.6) is 11.5 Å². The van der Waals surface area contributed by atoms with E-state index in [1.165, 1.54) is 10.9 Å². The molecule has 3 N–H and O–H groups in total. The number of halogens is 1. The van der Waals surface area contributed by atoms with Gasteiger partial charge >= 0.3 is 0 Å². The number of fused-ring (bicyclic) bond motifs is 2. The lowest BCUT2D eigenvalue weighted by Crippen LogP contribution is -3.00. The molecule has 1 aromatic heterocycles. The van der Waals surface area contributed by atoms with E-state index in [9.17, 15) is 0 Å². The number of rotatable bonds is 2. The summed E-state index contributed by atoms with van der Waals surface area (Å²) in [6, 6.07) is 4.19. The van der Waals surface area contributed by atoms with Gasteiger partial charge in [-0.3, -0.25) is 0 Å². The van der Waals surface area contributed by atoms with Crippen molar-refractivity contribution >= 4 is 10.9 Å². The quantitative estimate of drug-likeness (QED) is 0.721. The lowest BCUT2D eigenvalue weighted by atomic mass is 10.1. The molecule has 1 aliphatic heterocycles. The average Bonchev–Trinajstić information content (AvgIpc) is 2.68. The van der Waals surface area contributed by atoms with Crippen LogP contribution in [-0.4, -0.2) is 24.2 Å². The Kier molecular flexibility index (Phi) is 3.68. The molecule has 0 spiro atoms. The van der Waals surface area contributed by atoms with Gasteiger partial charge in [0.15, 0.2) is 11.5 Å². The summed E-state index contributed by atoms with van der Waals surface area (Å²) in [4.78, 5) is 3.25. The Morgan fingerprint density at radius 2 is 1.94 bits per heavy atom. The minimum absolute atomic E-state index is 0. The zero-order chi connectivity index (χ0) is 11.8. The van der Waals surface area contributed by atoms with Gasteiger partial charge in [-0.15, -0.1) is 0 Å². The van der Waals surface area contributed by atoms with Gasteiger partial charge < -0.3 is 32.6 Å². The molecule has 1 unspecified atom stereocenters. The first kappa shape index (κ1) is 13.1. The summed E-state index contributed by atoms with van der Waals surface area (Å²) < 4.78 is 11.1. The molecule has 5 heteroatoms. The van der Waals surface area contributed by atoms with Crippen molar-refractivity contribution < 1.29 is 21.9 Å². The molecule has 0 saturated heterocycles. The van der Waals surface area contributed by atoms with Gasteiger partial charge in [0.25, 0.3) is 0 Å². The highest BCUT2D eigenvalue weighted by atomic mass is 35.5. The van der Waals surface area contributed by atoms with Gasteiger partial charge in [-0.1, -0.05) is 0 Å². The zero-order valence-corrected chi connectivity index (χ0v) is 11.0. The lowest BCUT2D eigenvalue weighted by Gasteiger charge is -2.18. The molecule has 2 heterocycles. The van der Waals surface area contributed by atoms with Gasteiger partial charge in [-0.2, -0.15) is 0 Å². The van der Waals surface area contributed by atoms with Crippen molar-refractivity contribution in [2.45, 2.75) is 19.4 Å². The van der Waals surface area contributed by atoms with E-state index in [2.05, 4.69) is 4.98 Å². The molecule has 0 saturated carbocycles. The molecule has 98 valence electrons. The molecular weight excluding hydrogens is 252 g/mol. The Morgan fingerprint density at radius 3 is 2.61 bits per heavy atom. The van der Waals surface area contributed by atoms with E-state index in [0.717, 1.165) is 23.4 Å². The predicted octanol–water partition coefficient (Wildman–Crippen LogP) is -1.17. The number of ether oxygens (including phenoxy) is 2. The molecule has 0 bridgehead atoms. The van der Waals surface area contributed by atoms with Crippen molar-refractivity contribution in [3.05, 3.63) is 23.9 Å². The van der Waals surface area contributed by atoms with Crippen LogP contribution in [0.4, 0.5) is 0 Å². The summed E-state index contributed by atoms with van der Waals surface area (Å²) in [5.41, 5.74) is 8.15. The number of aromatic amines is 1. The number of hydrogen-bond donors (Lipinski definition) is 2. The van der Waals surface area contributed by atoms with Gasteiger partial charge in [-0.05, 0) is 25.0 Å². The van der Waals surface area contributed by atoms with Gasteiger partial charge in [0.2, 0.25) is 0 Å². The lowest BCUT2D eigenvalue weighted by molar-refractivity contribution is -0.00000434. The Labute approximate surface area is 112 Å². The molecule has 0 aliphatic carbocycles.